The summed E-state index contributed by atoms with van der Waals surface area (Å²) in [5.74, 6) is -2.13. The summed E-state index contributed by atoms with van der Waals surface area (Å²) in [6.45, 7) is 4.87. The SMILES string of the molecule is CC(C)(C)C(=O)NC(C(=O)[O-])=C(Cl)Cl. The van der Waals surface area contributed by atoms with Gasteiger partial charge in [0, 0.05) is 5.41 Å². The van der Waals surface area contributed by atoms with Crippen LogP contribution < -0.4 is 10.4 Å². The van der Waals surface area contributed by atoms with Gasteiger partial charge in [0.1, 0.15) is 4.49 Å². The van der Waals surface area contributed by atoms with Crippen LogP contribution in [-0.4, -0.2) is 11.9 Å². The van der Waals surface area contributed by atoms with E-state index in [9.17, 15) is 14.7 Å². The number of carbonyl (C=O) groups is 2. The van der Waals surface area contributed by atoms with Crippen molar-refractivity contribution >= 4 is 35.1 Å². The monoisotopic (exact) mass is 238 g/mol. The molecule has 0 fully saturated rings. The smallest absolute Gasteiger partial charge is 0.229 e. The lowest BCUT2D eigenvalue weighted by molar-refractivity contribution is -0.299. The van der Waals surface area contributed by atoms with Crippen molar-refractivity contribution in [1.82, 2.24) is 5.32 Å². The Bertz CT molecular complexity index is 287. The van der Waals surface area contributed by atoms with Gasteiger partial charge in [-0.25, -0.2) is 0 Å². The van der Waals surface area contributed by atoms with E-state index in [-0.39, 0.29) is 0 Å². The van der Waals surface area contributed by atoms with E-state index in [1.165, 1.54) is 0 Å². The highest BCUT2D eigenvalue weighted by molar-refractivity contribution is 6.57. The van der Waals surface area contributed by atoms with Crippen LogP contribution in [0.1, 0.15) is 20.8 Å². The molecule has 0 saturated heterocycles. The van der Waals surface area contributed by atoms with Gasteiger partial charge < -0.3 is 15.2 Å². The first-order valence-corrected chi connectivity index (χ1v) is 4.50. The van der Waals surface area contributed by atoms with E-state index >= 15 is 0 Å². The zero-order valence-electron chi connectivity index (χ0n) is 7.98. The van der Waals surface area contributed by atoms with Crippen LogP contribution in [0.15, 0.2) is 10.2 Å². The second kappa shape index (κ2) is 4.66. The lowest BCUT2D eigenvalue weighted by Gasteiger charge is -2.19. The number of carboxylic acid groups (broad SMARTS) is 1. The number of amides is 1. The first kappa shape index (κ1) is 13.3. The third-order valence-corrected chi connectivity index (χ3v) is 1.69. The lowest BCUT2D eigenvalue weighted by Crippen LogP contribution is -2.40. The van der Waals surface area contributed by atoms with E-state index in [1.54, 1.807) is 20.8 Å². The molecule has 0 heterocycles. The molecule has 0 aromatic rings. The minimum absolute atomic E-state index is 0.504. The number of hydrogen-bond donors (Lipinski definition) is 1. The van der Waals surface area contributed by atoms with Gasteiger partial charge in [-0.15, -0.1) is 0 Å². The normalized spacial score (nSPS) is 10.6. The van der Waals surface area contributed by atoms with Crippen molar-refractivity contribution in [3.8, 4) is 0 Å². The summed E-state index contributed by atoms with van der Waals surface area (Å²) >= 11 is 10.5. The summed E-state index contributed by atoms with van der Waals surface area (Å²) in [5.41, 5.74) is -1.35. The molecule has 80 valence electrons. The predicted octanol–water partition coefficient (Wildman–Crippen LogP) is 0.545. The number of aliphatic carboxylic acids is 1. The molecule has 0 bridgehead atoms. The molecule has 14 heavy (non-hydrogen) atoms. The molecule has 0 spiro atoms. The first-order valence-electron chi connectivity index (χ1n) is 3.74. The molecule has 0 aliphatic rings. The fraction of sp³-hybridized carbons (Fsp3) is 0.500. The minimum atomic E-state index is -1.62. The molecule has 6 heteroatoms. The number of halogens is 2. The van der Waals surface area contributed by atoms with Crippen LogP contribution in [0.5, 0.6) is 0 Å². The predicted molar refractivity (Wildman–Crippen MR) is 51.3 cm³/mol. The number of nitrogens with one attached hydrogen (secondary N) is 1. The van der Waals surface area contributed by atoms with Crippen LogP contribution in [0.3, 0.4) is 0 Å². The molecule has 0 saturated carbocycles. The van der Waals surface area contributed by atoms with Crippen molar-refractivity contribution in [3.63, 3.8) is 0 Å². The quantitative estimate of drug-likeness (QED) is 0.715. The molecule has 0 aliphatic heterocycles. The molecule has 1 N–H and O–H groups in total. The van der Waals surface area contributed by atoms with Crippen molar-refractivity contribution in [2.24, 2.45) is 5.41 Å². The van der Waals surface area contributed by atoms with E-state index in [2.05, 4.69) is 5.32 Å². The maximum atomic E-state index is 11.3. The zero-order valence-corrected chi connectivity index (χ0v) is 9.49. The van der Waals surface area contributed by atoms with Gasteiger partial charge in [-0.3, -0.25) is 4.79 Å². The van der Waals surface area contributed by atoms with Gasteiger partial charge >= 0.3 is 0 Å². The van der Waals surface area contributed by atoms with Gasteiger partial charge in [0.15, 0.2) is 0 Å². The molecule has 0 aromatic heterocycles. The largest absolute Gasteiger partial charge is 0.543 e. The Morgan fingerprint density at radius 1 is 1.21 bits per heavy atom. The first-order chi connectivity index (χ1) is 6.16. The Labute approximate surface area is 91.9 Å². The van der Waals surface area contributed by atoms with Gasteiger partial charge in [0.25, 0.3) is 0 Å². The van der Waals surface area contributed by atoms with Crippen molar-refractivity contribution in [2.75, 3.05) is 0 Å². The van der Waals surface area contributed by atoms with Gasteiger partial charge in [-0.2, -0.15) is 0 Å². The third-order valence-electron chi connectivity index (χ3n) is 1.31. The van der Waals surface area contributed by atoms with Gasteiger partial charge in [0.05, 0.1) is 11.7 Å². The molecule has 0 atom stereocenters. The molecule has 4 nitrogen and oxygen atoms in total. The fourth-order valence-electron chi connectivity index (χ4n) is 0.476. The molecular formula is C8H10Cl2NO3-. The number of carboxylic acids is 1. The van der Waals surface area contributed by atoms with E-state index in [0.29, 0.717) is 0 Å². The van der Waals surface area contributed by atoms with Crippen LogP contribution >= 0.6 is 23.2 Å². The number of rotatable bonds is 2. The van der Waals surface area contributed by atoms with Gasteiger partial charge in [0.2, 0.25) is 5.91 Å². The van der Waals surface area contributed by atoms with Crippen molar-refractivity contribution in [3.05, 3.63) is 10.2 Å². The van der Waals surface area contributed by atoms with E-state index in [4.69, 9.17) is 23.2 Å². The maximum Gasteiger partial charge on any atom is 0.229 e. The summed E-state index contributed by atoms with van der Waals surface area (Å²) < 4.78 is -0.539. The van der Waals surface area contributed by atoms with Crippen molar-refractivity contribution in [2.45, 2.75) is 20.8 Å². The van der Waals surface area contributed by atoms with Crippen LogP contribution in [-0.2, 0) is 9.59 Å². The molecule has 1 amide bonds. The molecule has 0 aliphatic carbocycles. The van der Waals surface area contributed by atoms with Crippen LogP contribution in [0.4, 0.5) is 0 Å². The van der Waals surface area contributed by atoms with Crippen molar-refractivity contribution in [1.29, 1.82) is 0 Å². The van der Waals surface area contributed by atoms with E-state index in [1.807, 2.05) is 0 Å². The second-order valence-electron chi connectivity index (χ2n) is 3.63. The highest BCUT2D eigenvalue weighted by atomic mass is 35.5. The van der Waals surface area contributed by atoms with Crippen LogP contribution in [0, 0.1) is 5.41 Å². The average molecular weight is 239 g/mol. The van der Waals surface area contributed by atoms with Gasteiger partial charge in [-0.1, -0.05) is 44.0 Å². The Balaban J connectivity index is 4.76. The van der Waals surface area contributed by atoms with Gasteiger partial charge in [-0.05, 0) is 0 Å². The summed E-state index contributed by atoms with van der Waals surface area (Å²) in [6.07, 6.45) is 0. The lowest BCUT2D eigenvalue weighted by atomic mass is 9.95. The molecule has 0 radical (unpaired) electrons. The molecule has 0 aromatic carbocycles. The topological polar surface area (TPSA) is 69.2 Å². The Hall–Kier alpha value is -0.740. The Morgan fingerprint density at radius 3 is 1.86 bits per heavy atom. The van der Waals surface area contributed by atoms with Crippen LogP contribution in [0.25, 0.3) is 0 Å². The third kappa shape index (κ3) is 3.98. The van der Waals surface area contributed by atoms with Crippen LogP contribution in [0.2, 0.25) is 0 Å². The number of carbonyl (C=O) groups excluding carboxylic acids is 2. The highest BCUT2D eigenvalue weighted by Crippen LogP contribution is 2.16. The summed E-state index contributed by atoms with van der Waals surface area (Å²) in [6, 6.07) is 0. The second-order valence-corrected chi connectivity index (χ2v) is 4.58. The minimum Gasteiger partial charge on any atom is -0.543 e. The average Bonchev–Trinajstić information content (AvgIpc) is 1.96. The van der Waals surface area contributed by atoms with Crippen molar-refractivity contribution < 1.29 is 14.7 Å². The van der Waals surface area contributed by atoms with E-state index in [0.717, 1.165) is 0 Å². The summed E-state index contributed by atoms with van der Waals surface area (Å²) in [4.78, 5) is 21.8. The Morgan fingerprint density at radius 2 is 1.64 bits per heavy atom. The Kier molecular flexibility index (Phi) is 4.42. The molecule has 0 unspecified atom stereocenters. The van der Waals surface area contributed by atoms with E-state index < -0.39 is 27.5 Å². The maximum absolute atomic E-state index is 11.3. The standard InChI is InChI=1S/C8H11Cl2NO3/c1-8(2,3)7(14)11-4(5(9)10)6(12)13/h1-3H3,(H,11,14)(H,12,13)/p-1. The molecular weight excluding hydrogens is 229 g/mol. The summed E-state index contributed by atoms with van der Waals surface area (Å²) in [5, 5.41) is 12.5. The molecule has 0 rings (SSSR count). The number of hydrogen-bond acceptors (Lipinski definition) is 3. The fourth-order valence-corrected chi connectivity index (χ4v) is 0.725. The zero-order chi connectivity index (χ0) is 11.5. The highest BCUT2D eigenvalue weighted by Gasteiger charge is 2.22. The summed E-state index contributed by atoms with van der Waals surface area (Å²) in [7, 11) is 0.